The number of nitrogens with two attached hydrogens (primary N) is 1. The second-order valence-electron chi connectivity index (χ2n) is 4.54. The molecule has 0 fully saturated rings. The van der Waals surface area contributed by atoms with Gasteiger partial charge in [0, 0.05) is 35.5 Å². The molecule has 0 spiro atoms. The molecule has 100 valence electrons. The van der Waals surface area contributed by atoms with Gasteiger partial charge in [0.2, 0.25) is 0 Å². The summed E-state index contributed by atoms with van der Waals surface area (Å²) in [5.41, 5.74) is 4.33. The fourth-order valence-corrected chi connectivity index (χ4v) is 1.37. The van der Waals surface area contributed by atoms with E-state index in [2.05, 4.69) is 5.32 Å². The first-order chi connectivity index (χ1) is 8.26. The second kappa shape index (κ2) is 5.26. The van der Waals surface area contributed by atoms with Crippen molar-refractivity contribution in [1.82, 2.24) is 0 Å². The maximum Gasteiger partial charge on any atom is 0.270 e. The van der Waals surface area contributed by atoms with E-state index in [1.165, 1.54) is 12.1 Å². The van der Waals surface area contributed by atoms with Crippen LogP contribution in [0.4, 0.5) is 20.2 Å². The molecule has 0 saturated heterocycles. The molecule has 18 heavy (non-hydrogen) atoms. The highest BCUT2D eigenvalue weighted by molar-refractivity contribution is 5.57. The van der Waals surface area contributed by atoms with Crippen molar-refractivity contribution in [3.05, 3.63) is 33.9 Å². The molecule has 0 unspecified atom stereocenters. The third kappa shape index (κ3) is 3.36. The Morgan fingerprint density at radius 2 is 2.11 bits per heavy atom. The van der Waals surface area contributed by atoms with E-state index < -0.39 is 22.5 Å². The SMILES string of the molecule is CC(C)(CN)Nc1ccc([N+](=O)[O-])cc1C(F)F. The van der Waals surface area contributed by atoms with E-state index in [0.717, 1.165) is 6.07 Å². The largest absolute Gasteiger partial charge is 0.378 e. The molecule has 0 aromatic heterocycles. The fourth-order valence-electron chi connectivity index (χ4n) is 1.37. The molecular weight excluding hydrogens is 244 g/mol. The van der Waals surface area contributed by atoms with Crippen molar-refractivity contribution >= 4 is 11.4 Å². The van der Waals surface area contributed by atoms with Gasteiger partial charge in [-0.05, 0) is 19.9 Å². The summed E-state index contributed by atoms with van der Waals surface area (Å²) in [6.07, 6.45) is -2.79. The van der Waals surface area contributed by atoms with Crippen molar-refractivity contribution in [3.8, 4) is 0 Å². The van der Waals surface area contributed by atoms with E-state index in [-0.39, 0.29) is 17.9 Å². The number of nitrogens with zero attached hydrogens (tertiary/aromatic N) is 1. The average molecular weight is 259 g/mol. The smallest absolute Gasteiger partial charge is 0.270 e. The first-order valence-electron chi connectivity index (χ1n) is 5.31. The number of nitrogens with one attached hydrogen (secondary N) is 1. The average Bonchev–Trinajstić information content (AvgIpc) is 2.28. The van der Waals surface area contributed by atoms with Crippen LogP contribution in [0, 0.1) is 10.1 Å². The topological polar surface area (TPSA) is 81.2 Å². The highest BCUT2D eigenvalue weighted by Gasteiger charge is 2.22. The Kier molecular flexibility index (Phi) is 4.18. The molecule has 7 heteroatoms. The van der Waals surface area contributed by atoms with Gasteiger partial charge in [0.05, 0.1) is 4.92 Å². The number of hydrogen-bond acceptors (Lipinski definition) is 4. The summed E-state index contributed by atoms with van der Waals surface area (Å²) in [7, 11) is 0. The molecule has 0 saturated carbocycles. The van der Waals surface area contributed by atoms with Crippen LogP contribution in [0.25, 0.3) is 0 Å². The van der Waals surface area contributed by atoms with Crippen LogP contribution in [0.2, 0.25) is 0 Å². The van der Waals surface area contributed by atoms with Crippen LogP contribution in [-0.2, 0) is 0 Å². The van der Waals surface area contributed by atoms with Gasteiger partial charge in [-0.1, -0.05) is 0 Å². The number of rotatable bonds is 5. The summed E-state index contributed by atoms with van der Waals surface area (Å²) in [6, 6.07) is 3.33. The maximum absolute atomic E-state index is 12.9. The lowest BCUT2D eigenvalue weighted by Crippen LogP contribution is -2.39. The number of nitro benzene ring substituents is 1. The summed E-state index contributed by atoms with van der Waals surface area (Å²) in [4.78, 5) is 9.84. The molecule has 0 atom stereocenters. The number of hydrogen-bond donors (Lipinski definition) is 2. The van der Waals surface area contributed by atoms with Gasteiger partial charge < -0.3 is 11.1 Å². The number of non-ortho nitro benzene ring substituents is 1. The minimum absolute atomic E-state index is 0.158. The first kappa shape index (κ1) is 14.3. The van der Waals surface area contributed by atoms with Crippen molar-refractivity contribution in [2.75, 3.05) is 11.9 Å². The lowest BCUT2D eigenvalue weighted by molar-refractivity contribution is -0.385. The van der Waals surface area contributed by atoms with Crippen molar-refractivity contribution in [1.29, 1.82) is 0 Å². The summed E-state index contributed by atoms with van der Waals surface area (Å²) in [5.74, 6) is 0. The van der Waals surface area contributed by atoms with Crippen LogP contribution in [0.15, 0.2) is 18.2 Å². The lowest BCUT2D eigenvalue weighted by atomic mass is 10.0. The van der Waals surface area contributed by atoms with Crippen LogP contribution >= 0.6 is 0 Å². The standard InChI is InChI=1S/C11H15F2N3O2/c1-11(2,6-14)15-9-4-3-7(16(17)18)5-8(9)10(12)13/h3-5,10,15H,6,14H2,1-2H3. The monoisotopic (exact) mass is 259 g/mol. The predicted octanol–water partition coefficient (Wildman–Crippen LogP) is 2.68. The highest BCUT2D eigenvalue weighted by Crippen LogP contribution is 2.32. The molecule has 0 amide bonds. The Morgan fingerprint density at radius 3 is 2.56 bits per heavy atom. The van der Waals surface area contributed by atoms with Crippen LogP contribution in [0.3, 0.4) is 0 Å². The van der Waals surface area contributed by atoms with Gasteiger partial charge in [-0.15, -0.1) is 0 Å². The normalized spacial score (nSPS) is 11.7. The fraction of sp³-hybridized carbons (Fsp3) is 0.455. The first-order valence-corrected chi connectivity index (χ1v) is 5.31. The molecule has 3 N–H and O–H groups in total. The van der Waals surface area contributed by atoms with E-state index in [4.69, 9.17) is 5.73 Å². The minimum atomic E-state index is -2.79. The minimum Gasteiger partial charge on any atom is -0.378 e. The Labute approximate surface area is 103 Å². The molecule has 0 radical (unpaired) electrons. The van der Waals surface area contributed by atoms with Crippen molar-refractivity contribution in [2.45, 2.75) is 25.8 Å². The van der Waals surface area contributed by atoms with Gasteiger partial charge in [0.25, 0.3) is 12.1 Å². The molecule has 0 aliphatic carbocycles. The number of anilines is 1. The zero-order valence-electron chi connectivity index (χ0n) is 10.1. The third-order valence-corrected chi connectivity index (χ3v) is 2.46. The van der Waals surface area contributed by atoms with Gasteiger partial charge in [0.15, 0.2) is 0 Å². The van der Waals surface area contributed by atoms with Crippen LogP contribution in [0.1, 0.15) is 25.8 Å². The van der Waals surface area contributed by atoms with Gasteiger partial charge in [-0.25, -0.2) is 8.78 Å². The van der Waals surface area contributed by atoms with Gasteiger partial charge in [-0.3, -0.25) is 10.1 Å². The number of alkyl halides is 2. The zero-order chi connectivity index (χ0) is 13.9. The molecule has 0 bridgehead atoms. The Morgan fingerprint density at radius 1 is 1.50 bits per heavy atom. The summed E-state index contributed by atoms with van der Waals surface area (Å²) >= 11 is 0. The van der Waals surface area contributed by atoms with Gasteiger partial charge in [-0.2, -0.15) is 0 Å². The molecule has 1 aromatic carbocycles. The third-order valence-electron chi connectivity index (χ3n) is 2.46. The molecular formula is C11H15F2N3O2. The number of nitro groups is 1. The number of halogens is 2. The molecule has 0 aliphatic heterocycles. The maximum atomic E-state index is 12.9. The highest BCUT2D eigenvalue weighted by atomic mass is 19.3. The van der Waals surface area contributed by atoms with E-state index in [9.17, 15) is 18.9 Å². The Balaban J connectivity index is 3.16. The predicted molar refractivity (Wildman–Crippen MR) is 64.8 cm³/mol. The van der Waals surface area contributed by atoms with E-state index in [1.54, 1.807) is 13.8 Å². The molecule has 0 aliphatic rings. The lowest BCUT2D eigenvalue weighted by Gasteiger charge is -2.27. The Bertz CT molecular complexity index is 450. The van der Waals surface area contributed by atoms with Crippen molar-refractivity contribution in [3.63, 3.8) is 0 Å². The van der Waals surface area contributed by atoms with Crippen molar-refractivity contribution < 1.29 is 13.7 Å². The van der Waals surface area contributed by atoms with Crippen LogP contribution in [0.5, 0.6) is 0 Å². The van der Waals surface area contributed by atoms with E-state index in [0.29, 0.717) is 0 Å². The van der Waals surface area contributed by atoms with E-state index in [1.807, 2.05) is 0 Å². The van der Waals surface area contributed by atoms with Gasteiger partial charge in [0.1, 0.15) is 0 Å². The number of benzene rings is 1. The molecule has 1 rings (SSSR count). The summed E-state index contributed by atoms with van der Waals surface area (Å²) < 4.78 is 25.7. The quantitative estimate of drug-likeness (QED) is 0.629. The van der Waals surface area contributed by atoms with Gasteiger partial charge >= 0.3 is 0 Å². The van der Waals surface area contributed by atoms with Crippen LogP contribution in [-0.4, -0.2) is 17.0 Å². The van der Waals surface area contributed by atoms with E-state index >= 15 is 0 Å². The zero-order valence-corrected chi connectivity index (χ0v) is 10.1. The molecule has 0 heterocycles. The molecule has 5 nitrogen and oxygen atoms in total. The summed E-state index contributed by atoms with van der Waals surface area (Å²) in [6.45, 7) is 3.75. The second-order valence-corrected chi connectivity index (χ2v) is 4.54. The van der Waals surface area contributed by atoms with Crippen molar-refractivity contribution in [2.24, 2.45) is 5.73 Å². The Hall–Kier alpha value is -1.76. The van der Waals surface area contributed by atoms with Crippen LogP contribution < -0.4 is 11.1 Å². The molecule has 1 aromatic rings. The summed E-state index contributed by atoms with van der Waals surface area (Å²) in [5, 5.41) is 13.4.